The lowest BCUT2D eigenvalue weighted by Crippen LogP contribution is -2.15. The van der Waals surface area contributed by atoms with Crippen LogP contribution in [0.4, 0.5) is 28.9 Å². The molecule has 0 unspecified atom stereocenters. The van der Waals surface area contributed by atoms with E-state index in [0.717, 1.165) is 24.3 Å². The highest BCUT2D eigenvalue weighted by molar-refractivity contribution is 6.34. The fourth-order valence-electron chi connectivity index (χ4n) is 1.71. The molecule has 2 rings (SSSR count). The molecule has 0 aliphatic heterocycles. The molecule has 1 amide bonds. The van der Waals surface area contributed by atoms with Crippen LogP contribution >= 0.6 is 11.6 Å². The first-order chi connectivity index (χ1) is 10.2. The minimum absolute atomic E-state index is 0.0120. The van der Waals surface area contributed by atoms with Gasteiger partial charge in [-0.2, -0.15) is 13.2 Å². The lowest BCUT2D eigenvalue weighted by Gasteiger charge is -2.12. The van der Waals surface area contributed by atoms with E-state index in [-0.39, 0.29) is 22.0 Å². The molecule has 0 aromatic heterocycles. The van der Waals surface area contributed by atoms with Crippen LogP contribution in [0.15, 0.2) is 36.4 Å². The average molecular weight is 333 g/mol. The Labute approximate surface area is 127 Å². The standard InChI is InChI=1S/C14H9ClF4N2O/c15-10-3-1-7(14(17,18)19)5-12(10)21-13(22)9-6-8(16)2-4-11(9)20/h1-6H,20H2,(H,21,22). The zero-order valence-electron chi connectivity index (χ0n) is 10.8. The van der Waals surface area contributed by atoms with Crippen LogP contribution in [0.5, 0.6) is 0 Å². The first-order valence-electron chi connectivity index (χ1n) is 5.91. The van der Waals surface area contributed by atoms with E-state index in [0.29, 0.717) is 6.07 Å². The molecule has 0 fully saturated rings. The molecule has 2 aromatic carbocycles. The molecule has 22 heavy (non-hydrogen) atoms. The van der Waals surface area contributed by atoms with Crippen molar-refractivity contribution in [2.45, 2.75) is 6.18 Å². The van der Waals surface area contributed by atoms with Gasteiger partial charge in [0.25, 0.3) is 5.91 Å². The molecular formula is C14H9ClF4N2O. The third kappa shape index (κ3) is 3.48. The molecule has 116 valence electrons. The van der Waals surface area contributed by atoms with Gasteiger partial charge in [-0.25, -0.2) is 4.39 Å². The Morgan fingerprint density at radius 2 is 1.82 bits per heavy atom. The first kappa shape index (κ1) is 16.1. The van der Waals surface area contributed by atoms with Crippen molar-refractivity contribution < 1.29 is 22.4 Å². The summed E-state index contributed by atoms with van der Waals surface area (Å²) in [5.74, 6) is -1.56. The number of alkyl halides is 3. The molecule has 0 saturated carbocycles. The average Bonchev–Trinajstić information content (AvgIpc) is 2.42. The van der Waals surface area contributed by atoms with Crippen LogP contribution in [0.2, 0.25) is 5.02 Å². The number of anilines is 2. The zero-order chi connectivity index (χ0) is 16.5. The highest BCUT2D eigenvalue weighted by Crippen LogP contribution is 2.34. The number of nitrogen functional groups attached to an aromatic ring is 1. The van der Waals surface area contributed by atoms with Crippen LogP contribution in [0.1, 0.15) is 15.9 Å². The summed E-state index contributed by atoms with van der Waals surface area (Å²) in [6.07, 6.45) is -4.58. The summed E-state index contributed by atoms with van der Waals surface area (Å²) < 4.78 is 51.1. The van der Waals surface area contributed by atoms with Crippen molar-refractivity contribution in [2.75, 3.05) is 11.1 Å². The van der Waals surface area contributed by atoms with Gasteiger partial charge in [0.1, 0.15) is 5.82 Å². The maximum absolute atomic E-state index is 13.1. The molecule has 0 radical (unpaired) electrons. The van der Waals surface area contributed by atoms with E-state index >= 15 is 0 Å². The van der Waals surface area contributed by atoms with Crippen LogP contribution in [-0.2, 0) is 6.18 Å². The summed E-state index contributed by atoms with van der Waals surface area (Å²) in [6.45, 7) is 0. The van der Waals surface area contributed by atoms with Gasteiger partial charge in [-0.15, -0.1) is 0 Å². The number of halogens is 5. The molecule has 0 spiro atoms. The fourth-order valence-corrected chi connectivity index (χ4v) is 1.88. The van der Waals surface area contributed by atoms with Gasteiger partial charge in [0.05, 0.1) is 21.8 Å². The molecule has 0 aliphatic rings. The SMILES string of the molecule is Nc1ccc(F)cc1C(=O)Nc1cc(C(F)(F)F)ccc1Cl. The van der Waals surface area contributed by atoms with E-state index in [1.807, 2.05) is 0 Å². The van der Waals surface area contributed by atoms with Crippen molar-refractivity contribution in [3.8, 4) is 0 Å². The number of rotatable bonds is 2. The van der Waals surface area contributed by atoms with Crippen LogP contribution in [0.25, 0.3) is 0 Å². The van der Waals surface area contributed by atoms with Crippen molar-refractivity contribution in [2.24, 2.45) is 0 Å². The van der Waals surface area contributed by atoms with E-state index in [4.69, 9.17) is 17.3 Å². The van der Waals surface area contributed by atoms with E-state index in [1.54, 1.807) is 0 Å². The molecule has 0 bridgehead atoms. The summed E-state index contributed by atoms with van der Waals surface area (Å²) in [6, 6.07) is 5.60. The summed E-state index contributed by atoms with van der Waals surface area (Å²) in [7, 11) is 0. The van der Waals surface area contributed by atoms with Gasteiger partial charge in [0.2, 0.25) is 0 Å². The van der Waals surface area contributed by atoms with E-state index in [2.05, 4.69) is 5.32 Å². The Balaban J connectivity index is 2.34. The van der Waals surface area contributed by atoms with Crippen molar-refractivity contribution in [3.05, 3.63) is 58.4 Å². The number of carbonyl (C=O) groups excluding carboxylic acids is 1. The number of hydrogen-bond acceptors (Lipinski definition) is 2. The van der Waals surface area contributed by atoms with Crippen molar-refractivity contribution >= 4 is 28.9 Å². The minimum Gasteiger partial charge on any atom is -0.398 e. The predicted molar refractivity (Wildman–Crippen MR) is 75.2 cm³/mol. The Hall–Kier alpha value is -2.28. The number of nitrogens with two attached hydrogens (primary N) is 1. The summed E-state index contributed by atoms with van der Waals surface area (Å²) in [5.41, 5.74) is 4.11. The van der Waals surface area contributed by atoms with Crippen LogP contribution in [0, 0.1) is 5.82 Å². The predicted octanol–water partition coefficient (Wildman–Crippen LogP) is 4.33. The highest BCUT2D eigenvalue weighted by atomic mass is 35.5. The molecule has 0 heterocycles. The van der Waals surface area contributed by atoms with Crippen LogP contribution in [0.3, 0.4) is 0 Å². The number of nitrogens with one attached hydrogen (secondary N) is 1. The van der Waals surface area contributed by atoms with E-state index in [1.165, 1.54) is 6.07 Å². The van der Waals surface area contributed by atoms with E-state index < -0.39 is 23.5 Å². The van der Waals surface area contributed by atoms with Crippen molar-refractivity contribution in [3.63, 3.8) is 0 Å². The molecule has 0 saturated heterocycles. The number of carbonyl (C=O) groups is 1. The third-order valence-electron chi connectivity index (χ3n) is 2.80. The summed E-state index contributed by atoms with van der Waals surface area (Å²) in [5, 5.41) is 2.10. The molecule has 2 aromatic rings. The second kappa shape index (κ2) is 5.84. The second-order valence-electron chi connectivity index (χ2n) is 4.38. The van der Waals surface area contributed by atoms with Crippen molar-refractivity contribution in [1.82, 2.24) is 0 Å². The highest BCUT2D eigenvalue weighted by Gasteiger charge is 2.31. The van der Waals surface area contributed by atoms with Crippen LogP contribution < -0.4 is 11.1 Å². The number of benzene rings is 2. The number of amides is 1. The summed E-state index contributed by atoms with van der Waals surface area (Å²) >= 11 is 5.76. The van der Waals surface area contributed by atoms with Gasteiger partial charge in [0, 0.05) is 5.69 Å². The molecule has 3 nitrogen and oxygen atoms in total. The lowest BCUT2D eigenvalue weighted by molar-refractivity contribution is -0.137. The maximum atomic E-state index is 13.1. The van der Waals surface area contributed by atoms with Gasteiger partial charge in [0.15, 0.2) is 0 Å². The Kier molecular flexibility index (Phi) is 4.27. The van der Waals surface area contributed by atoms with Crippen LogP contribution in [-0.4, -0.2) is 5.91 Å². The molecule has 8 heteroatoms. The lowest BCUT2D eigenvalue weighted by atomic mass is 10.1. The molecule has 0 atom stereocenters. The zero-order valence-corrected chi connectivity index (χ0v) is 11.6. The topological polar surface area (TPSA) is 55.1 Å². The smallest absolute Gasteiger partial charge is 0.398 e. The summed E-state index contributed by atoms with van der Waals surface area (Å²) in [4.78, 5) is 12.0. The largest absolute Gasteiger partial charge is 0.416 e. The number of hydrogen-bond donors (Lipinski definition) is 2. The molecular weight excluding hydrogens is 324 g/mol. The van der Waals surface area contributed by atoms with Gasteiger partial charge >= 0.3 is 6.18 Å². The van der Waals surface area contributed by atoms with Gasteiger partial charge < -0.3 is 11.1 Å². The molecule has 0 aliphatic carbocycles. The Morgan fingerprint density at radius 1 is 1.14 bits per heavy atom. The van der Waals surface area contributed by atoms with Gasteiger partial charge in [-0.1, -0.05) is 11.6 Å². The Morgan fingerprint density at radius 3 is 2.45 bits per heavy atom. The Bertz CT molecular complexity index is 731. The normalized spacial score (nSPS) is 11.3. The van der Waals surface area contributed by atoms with Gasteiger partial charge in [-0.3, -0.25) is 4.79 Å². The fraction of sp³-hybridized carbons (Fsp3) is 0.0714. The third-order valence-corrected chi connectivity index (χ3v) is 3.13. The minimum atomic E-state index is -4.58. The second-order valence-corrected chi connectivity index (χ2v) is 4.79. The maximum Gasteiger partial charge on any atom is 0.416 e. The quantitative estimate of drug-likeness (QED) is 0.635. The first-order valence-corrected chi connectivity index (χ1v) is 6.29. The molecule has 3 N–H and O–H groups in total. The van der Waals surface area contributed by atoms with Crippen molar-refractivity contribution in [1.29, 1.82) is 0 Å². The van der Waals surface area contributed by atoms with Gasteiger partial charge in [-0.05, 0) is 36.4 Å². The monoisotopic (exact) mass is 332 g/mol. The van der Waals surface area contributed by atoms with E-state index in [9.17, 15) is 22.4 Å².